The number of nitrogens with two attached hydrogens (primary N) is 1. The first-order valence-corrected chi connectivity index (χ1v) is 7.88. The van der Waals surface area contributed by atoms with Gasteiger partial charge in [0.05, 0.1) is 0 Å². The van der Waals surface area contributed by atoms with Gasteiger partial charge in [0.15, 0.2) is 11.6 Å². The van der Waals surface area contributed by atoms with Crippen molar-refractivity contribution in [1.29, 1.82) is 0 Å². The molecule has 0 aliphatic heterocycles. The molecule has 0 fully saturated rings. The number of nitrogens with one attached hydrogen (secondary N) is 2. The second-order valence-electron chi connectivity index (χ2n) is 5.52. The highest BCUT2D eigenvalue weighted by Crippen LogP contribution is 2.31. The van der Waals surface area contributed by atoms with Gasteiger partial charge in [0, 0.05) is 16.4 Å². The Balaban J connectivity index is 1.89. The normalized spacial score (nSPS) is 10.5. The third kappa shape index (κ3) is 3.41. The Morgan fingerprint density at radius 3 is 2.42 bits per heavy atom. The van der Waals surface area contributed by atoms with Gasteiger partial charge < -0.3 is 16.4 Å². The molecular formula is C18H18ClN5. The van der Waals surface area contributed by atoms with E-state index >= 15 is 0 Å². The highest BCUT2D eigenvalue weighted by molar-refractivity contribution is 6.31. The average Bonchev–Trinajstić information content (AvgIpc) is 2.55. The SMILES string of the molecule is Cc1cccc(Nc2ncnc(Nc3cccc(Cl)c3C)c2N)c1. The zero-order valence-corrected chi connectivity index (χ0v) is 14.2. The predicted octanol–water partition coefficient (Wildman–Crippen LogP) is 4.82. The van der Waals surface area contributed by atoms with Crippen molar-refractivity contribution in [2.24, 2.45) is 0 Å². The Bertz CT molecular complexity index is 879. The number of aryl methyl sites for hydroxylation is 1. The number of nitrogens with zero attached hydrogens (tertiary/aromatic N) is 2. The lowest BCUT2D eigenvalue weighted by Gasteiger charge is -2.14. The van der Waals surface area contributed by atoms with Gasteiger partial charge in [0.25, 0.3) is 0 Å². The summed E-state index contributed by atoms with van der Waals surface area (Å²) in [6.45, 7) is 3.97. The van der Waals surface area contributed by atoms with Crippen LogP contribution in [0.15, 0.2) is 48.8 Å². The molecule has 1 heterocycles. The molecule has 0 atom stereocenters. The van der Waals surface area contributed by atoms with E-state index in [4.69, 9.17) is 17.3 Å². The molecule has 5 nitrogen and oxygen atoms in total. The third-order valence-electron chi connectivity index (χ3n) is 3.69. The number of rotatable bonds is 4. The molecule has 0 unspecified atom stereocenters. The minimum absolute atomic E-state index is 0.443. The van der Waals surface area contributed by atoms with Crippen LogP contribution in [-0.2, 0) is 0 Å². The molecular weight excluding hydrogens is 322 g/mol. The van der Waals surface area contributed by atoms with Crippen LogP contribution in [0.3, 0.4) is 0 Å². The van der Waals surface area contributed by atoms with E-state index in [1.54, 1.807) is 0 Å². The maximum atomic E-state index is 6.22. The summed E-state index contributed by atoms with van der Waals surface area (Å²) in [6, 6.07) is 13.6. The summed E-state index contributed by atoms with van der Waals surface area (Å²) < 4.78 is 0. The monoisotopic (exact) mass is 339 g/mol. The molecule has 3 rings (SSSR count). The Labute approximate surface area is 145 Å². The lowest BCUT2D eigenvalue weighted by molar-refractivity contribution is 1.17. The fourth-order valence-corrected chi connectivity index (χ4v) is 2.50. The second-order valence-corrected chi connectivity index (χ2v) is 5.92. The number of hydrogen-bond acceptors (Lipinski definition) is 5. The van der Waals surface area contributed by atoms with E-state index in [0.29, 0.717) is 22.3 Å². The van der Waals surface area contributed by atoms with Crippen LogP contribution < -0.4 is 16.4 Å². The maximum Gasteiger partial charge on any atom is 0.159 e. The molecule has 24 heavy (non-hydrogen) atoms. The van der Waals surface area contributed by atoms with Crippen molar-refractivity contribution in [1.82, 2.24) is 9.97 Å². The van der Waals surface area contributed by atoms with Crippen molar-refractivity contribution in [2.75, 3.05) is 16.4 Å². The highest BCUT2D eigenvalue weighted by Gasteiger charge is 2.10. The van der Waals surface area contributed by atoms with Gasteiger partial charge in [0.2, 0.25) is 0 Å². The van der Waals surface area contributed by atoms with Crippen LogP contribution in [-0.4, -0.2) is 9.97 Å². The van der Waals surface area contributed by atoms with E-state index in [1.165, 1.54) is 6.33 Å². The minimum Gasteiger partial charge on any atom is -0.393 e. The van der Waals surface area contributed by atoms with Crippen LogP contribution >= 0.6 is 11.6 Å². The van der Waals surface area contributed by atoms with E-state index in [-0.39, 0.29) is 0 Å². The van der Waals surface area contributed by atoms with Crippen LogP contribution in [0, 0.1) is 13.8 Å². The van der Waals surface area contributed by atoms with Gasteiger partial charge in [-0.25, -0.2) is 9.97 Å². The van der Waals surface area contributed by atoms with E-state index in [2.05, 4.69) is 20.6 Å². The Morgan fingerprint density at radius 1 is 0.958 bits per heavy atom. The first kappa shape index (κ1) is 16.1. The lowest BCUT2D eigenvalue weighted by atomic mass is 10.2. The Kier molecular flexibility index (Phi) is 4.53. The molecule has 122 valence electrons. The van der Waals surface area contributed by atoms with Gasteiger partial charge in [-0.1, -0.05) is 29.8 Å². The first-order valence-electron chi connectivity index (χ1n) is 7.51. The van der Waals surface area contributed by atoms with E-state index < -0.39 is 0 Å². The van der Waals surface area contributed by atoms with Gasteiger partial charge in [-0.05, 0) is 49.2 Å². The molecule has 0 bridgehead atoms. The number of anilines is 5. The molecule has 1 aromatic heterocycles. The lowest BCUT2D eigenvalue weighted by Crippen LogP contribution is -2.05. The smallest absolute Gasteiger partial charge is 0.159 e. The molecule has 0 spiro atoms. The molecule has 0 aliphatic rings. The molecule has 0 saturated carbocycles. The largest absolute Gasteiger partial charge is 0.393 e. The van der Waals surface area contributed by atoms with Gasteiger partial charge in [-0.2, -0.15) is 0 Å². The van der Waals surface area contributed by atoms with Crippen LogP contribution in [0.25, 0.3) is 0 Å². The first-order chi connectivity index (χ1) is 11.5. The standard InChI is InChI=1S/C18H18ClN5/c1-11-5-3-6-13(9-11)23-17-16(20)18(22-10-21-17)24-15-8-4-7-14(19)12(15)2/h3-10H,20H2,1-2H3,(H2,21,22,23,24). The van der Waals surface area contributed by atoms with E-state index in [0.717, 1.165) is 22.5 Å². The van der Waals surface area contributed by atoms with Gasteiger partial charge >= 0.3 is 0 Å². The quantitative estimate of drug-likeness (QED) is 0.635. The van der Waals surface area contributed by atoms with Crippen LogP contribution in [0.1, 0.15) is 11.1 Å². The summed E-state index contributed by atoms with van der Waals surface area (Å²) in [5.41, 5.74) is 10.5. The molecule has 0 amide bonds. The fourth-order valence-electron chi connectivity index (χ4n) is 2.32. The third-order valence-corrected chi connectivity index (χ3v) is 4.09. The van der Waals surface area contributed by atoms with Crippen LogP contribution in [0.2, 0.25) is 5.02 Å². The minimum atomic E-state index is 0.443. The summed E-state index contributed by atoms with van der Waals surface area (Å²) in [5.74, 6) is 1.09. The highest BCUT2D eigenvalue weighted by atomic mass is 35.5. The summed E-state index contributed by atoms with van der Waals surface area (Å²) in [5, 5.41) is 7.13. The van der Waals surface area contributed by atoms with E-state index in [9.17, 15) is 0 Å². The number of benzene rings is 2. The molecule has 3 aromatic rings. The topological polar surface area (TPSA) is 75.9 Å². The number of aromatic nitrogens is 2. The molecule has 2 aromatic carbocycles. The van der Waals surface area contributed by atoms with Gasteiger partial charge in [-0.15, -0.1) is 0 Å². The van der Waals surface area contributed by atoms with Gasteiger partial charge in [-0.3, -0.25) is 0 Å². The van der Waals surface area contributed by atoms with Crippen LogP contribution in [0.5, 0.6) is 0 Å². The molecule has 6 heteroatoms. The molecule has 0 aliphatic carbocycles. The van der Waals surface area contributed by atoms with Crippen molar-refractivity contribution in [3.63, 3.8) is 0 Å². The second kappa shape index (κ2) is 6.76. The predicted molar refractivity (Wildman–Crippen MR) is 100 cm³/mol. The summed E-state index contributed by atoms with van der Waals surface area (Å²) >= 11 is 6.16. The summed E-state index contributed by atoms with van der Waals surface area (Å²) in [7, 11) is 0. The van der Waals surface area contributed by atoms with Crippen molar-refractivity contribution in [2.45, 2.75) is 13.8 Å². The summed E-state index contributed by atoms with van der Waals surface area (Å²) in [4.78, 5) is 8.47. The van der Waals surface area contributed by atoms with E-state index in [1.807, 2.05) is 56.3 Å². The van der Waals surface area contributed by atoms with Crippen molar-refractivity contribution >= 4 is 40.3 Å². The number of halogens is 1. The van der Waals surface area contributed by atoms with Crippen LogP contribution in [0.4, 0.5) is 28.7 Å². The number of hydrogen-bond donors (Lipinski definition) is 3. The zero-order valence-electron chi connectivity index (χ0n) is 13.5. The van der Waals surface area contributed by atoms with Crippen molar-refractivity contribution < 1.29 is 0 Å². The number of nitrogen functional groups attached to an aromatic ring is 1. The fraction of sp³-hybridized carbons (Fsp3) is 0.111. The van der Waals surface area contributed by atoms with Gasteiger partial charge in [0.1, 0.15) is 12.0 Å². The Morgan fingerprint density at radius 2 is 1.67 bits per heavy atom. The Hall–Kier alpha value is -2.79. The molecule has 0 radical (unpaired) electrons. The average molecular weight is 340 g/mol. The molecule has 0 saturated heterocycles. The van der Waals surface area contributed by atoms with Crippen molar-refractivity contribution in [3.05, 3.63) is 64.9 Å². The van der Waals surface area contributed by atoms with Crippen molar-refractivity contribution in [3.8, 4) is 0 Å². The molecule has 4 N–H and O–H groups in total. The summed E-state index contributed by atoms with van der Waals surface area (Å²) in [6.07, 6.45) is 1.47. The zero-order chi connectivity index (χ0) is 17.1. The maximum absolute atomic E-state index is 6.22.